The number of hydrogen-bond donors (Lipinski definition) is 1. The molecule has 0 atom stereocenters. The zero-order valence-corrected chi connectivity index (χ0v) is 16.7. The zero-order chi connectivity index (χ0) is 16.2. The highest BCUT2D eigenvalue weighted by Crippen LogP contribution is 2.11. The van der Waals surface area contributed by atoms with E-state index >= 15 is 0 Å². The first-order chi connectivity index (χ1) is 10.7. The Morgan fingerprint density at radius 1 is 1.22 bits per heavy atom. The van der Waals surface area contributed by atoms with Crippen molar-refractivity contribution in [1.29, 1.82) is 0 Å². The molecule has 1 aromatic rings. The maximum Gasteiger partial charge on any atom is 0.193 e. The Hall–Kier alpha value is -1.05. The van der Waals surface area contributed by atoms with Crippen LogP contribution in [0.15, 0.2) is 29.3 Å². The maximum absolute atomic E-state index is 12.7. The lowest BCUT2D eigenvalue weighted by Gasteiger charge is -2.21. The van der Waals surface area contributed by atoms with Gasteiger partial charge in [-0.1, -0.05) is 13.3 Å². The topological polar surface area (TPSA) is 36.9 Å². The molecule has 0 fully saturated rings. The van der Waals surface area contributed by atoms with Gasteiger partial charge in [0, 0.05) is 27.2 Å². The van der Waals surface area contributed by atoms with Crippen LogP contribution in [-0.2, 0) is 0 Å². The first-order valence-electron chi connectivity index (χ1n) is 7.97. The van der Waals surface area contributed by atoms with Crippen molar-refractivity contribution in [2.45, 2.75) is 32.6 Å². The Balaban J connectivity index is 0.00000484. The van der Waals surface area contributed by atoms with E-state index in [1.807, 2.05) is 7.05 Å². The highest BCUT2D eigenvalue weighted by molar-refractivity contribution is 14.0. The van der Waals surface area contributed by atoms with Crippen LogP contribution in [0.3, 0.4) is 0 Å². The molecule has 0 saturated heterocycles. The summed E-state index contributed by atoms with van der Waals surface area (Å²) in [7, 11) is 3.87. The van der Waals surface area contributed by atoms with Crippen LogP contribution in [0.25, 0.3) is 0 Å². The van der Waals surface area contributed by atoms with Crippen LogP contribution >= 0.6 is 24.0 Å². The molecular weight excluding hydrogens is 408 g/mol. The molecule has 132 valence electrons. The van der Waals surface area contributed by atoms with E-state index in [-0.39, 0.29) is 29.8 Å². The maximum atomic E-state index is 12.7. The van der Waals surface area contributed by atoms with Gasteiger partial charge in [0.15, 0.2) is 5.96 Å². The van der Waals surface area contributed by atoms with Crippen LogP contribution in [0, 0.1) is 5.82 Å². The zero-order valence-electron chi connectivity index (χ0n) is 14.3. The van der Waals surface area contributed by atoms with Gasteiger partial charge >= 0.3 is 0 Å². The molecule has 1 N–H and O–H groups in total. The number of aliphatic imine (C=N–C) groups is 1. The summed E-state index contributed by atoms with van der Waals surface area (Å²) in [5.74, 6) is 1.41. The third-order valence-electron chi connectivity index (χ3n) is 3.36. The average Bonchev–Trinajstić information content (AvgIpc) is 2.53. The van der Waals surface area contributed by atoms with Gasteiger partial charge in [-0.25, -0.2) is 4.39 Å². The highest BCUT2D eigenvalue weighted by Gasteiger charge is 2.03. The summed E-state index contributed by atoms with van der Waals surface area (Å²) in [6.45, 7) is 4.71. The number of halogens is 2. The van der Waals surface area contributed by atoms with Crippen molar-refractivity contribution in [3.05, 3.63) is 30.1 Å². The summed E-state index contributed by atoms with van der Waals surface area (Å²) in [5, 5.41) is 3.36. The number of guanidine groups is 1. The second-order valence-corrected chi connectivity index (χ2v) is 5.26. The lowest BCUT2D eigenvalue weighted by Crippen LogP contribution is -2.39. The van der Waals surface area contributed by atoms with Gasteiger partial charge < -0.3 is 15.0 Å². The van der Waals surface area contributed by atoms with E-state index in [0.717, 1.165) is 31.9 Å². The minimum Gasteiger partial charge on any atom is -0.494 e. The normalized spacial score (nSPS) is 10.9. The second kappa shape index (κ2) is 13.4. The van der Waals surface area contributed by atoms with E-state index in [0.29, 0.717) is 12.4 Å². The average molecular weight is 437 g/mol. The van der Waals surface area contributed by atoms with Crippen molar-refractivity contribution >= 4 is 29.9 Å². The summed E-state index contributed by atoms with van der Waals surface area (Å²) < 4.78 is 18.3. The van der Waals surface area contributed by atoms with Crippen LogP contribution < -0.4 is 10.1 Å². The minimum absolute atomic E-state index is 0. The largest absolute Gasteiger partial charge is 0.494 e. The third kappa shape index (κ3) is 9.63. The molecule has 0 heterocycles. The van der Waals surface area contributed by atoms with Crippen LogP contribution in [0.4, 0.5) is 4.39 Å². The molecule has 4 nitrogen and oxygen atoms in total. The van der Waals surface area contributed by atoms with E-state index in [1.165, 1.54) is 25.0 Å². The molecule has 0 unspecified atom stereocenters. The molecule has 0 aliphatic carbocycles. The molecule has 0 aliphatic heterocycles. The van der Waals surface area contributed by atoms with Crippen molar-refractivity contribution in [1.82, 2.24) is 10.2 Å². The smallest absolute Gasteiger partial charge is 0.193 e. The van der Waals surface area contributed by atoms with Crippen molar-refractivity contribution in [3.63, 3.8) is 0 Å². The quantitative estimate of drug-likeness (QED) is 0.276. The molecule has 1 rings (SSSR count). The predicted molar refractivity (Wildman–Crippen MR) is 105 cm³/mol. The van der Waals surface area contributed by atoms with Crippen LogP contribution in [0.5, 0.6) is 5.75 Å². The molecular formula is C17H29FIN3O. The van der Waals surface area contributed by atoms with E-state index in [2.05, 4.69) is 29.2 Å². The van der Waals surface area contributed by atoms with Gasteiger partial charge in [0.25, 0.3) is 0 Å². The van der Waals surface area contributed by atoms with E-state index < -0.39 is 0 Å². The summed E-state index contributed by atoms with van der Waals surface area (Å²) in [6, 6.07) is 6.12. The molecule has 0 saturated carbocycles. The Morgan fingerprint density at radius 2 is 1.91 bits per heavy atom. The fraction of sp³-hybridized carbons (Fsp3) is 0.588. The van der Waals surface area contributed by atoms with Gasteiger partial charge in [0.05, 0.1) is 6.61 Å². The fourth-order valence-electron chi connectivity index (χ4n) is 2.03. The Labute approximate surface area is 156 Å². The lowest BCUT2D eigenvalue weighted by atomic mass is 10.3. The Bertz CT molecular complexity index is 440. The van der Waals surface area contributed by atoms with Gasteiger partial charge in [-0.2, -0.15) is 0 Å². The standard InChI is InChI=1S/C17H28FN3O.HI/c1-4-5-13-21(3)17(19-2)20-12-6-7-14-22-16-10-8-15(18)9-11-16;/h8-11H,4-7,12-14H2,1-3H3,(H,19,20);1H. The monoisotopic (exact) mass is 437 g/mol. The fourth-order valence-corrected chi connectivity index (χ4v) is 2.03. The second-order valence-electron chi connectivity index (χ2n) is 5.26. The number of rotatable bonds is 9. The van der Waals surface area contributed by atoms with Crippen molar-refractivity contribution in [2.75, 3.05) is 33.8 Å². The third-order valence-corrected chi connectivity index (χ3v) is 3.36. The summed E-state index contributed by atoms with van der Waals surface area (Å²) in [4.78, 5) is 6.43. The predicted octanol–water partition coefficient (Wildman–Crippen LogP) is 3.91. The molecule has 0 spiro atoms. The SMILES string of the molecule is CCCCN(C)C(=NC)NCCCCOc1ccc(F)cc1.I. The molecule has 6 heteroatoms. The minimum atomic E-state index is -0.241. The molecule has 0 radical (unpaired) electrons. The number of nitrogens with zero attached hydrogens (tertiary/aromatic N) is 2. The molecule has 0 aromatic heterocycles. The Kier molecular flexibility index (Phi) is 12.8. The Morgan fingerprint density at radius 3 is 2.52 bits per heavy atom. The molecule has 1 aromatic carbocycles. The number of unbranched alkanes of at least 4 members (excludes halogenated alkanes) is 2. The van der Waals surface area contributed by atoms with Gasteiger partial charge in [-0.05, 0) is 43.5 Å². The number of hydrogen-bond acceptors (Lipinski definition) is 2. The van der Waals surface area contributed by atoms with Crippen molar-refractivity contribution < 1.29 is 9.13 Å². The van der Waals surface area contributed by atoms with E-state index in [9.17, 15) is 4.39 Å². The summed E-state index contributed by atoms with van der Waals surface area (Å²) in [6.07, 6.45) is 4.30. The molecule has 0 bridgehead atoms. The summed E-state index contributed by atoms with van der Waals surface area (Å²) in [5.41, 5.74) is 0. The van der Waals surface area contributed by atoms with Crippen molar-refractivity contribution in [3.8, 4) is 5.75 Å². The lowest BCUT2D eigenvalue weighted by molar-refractivity contribution is 0.306. The van der Waals surface area contributed by atoms with Gasteiger partial charge in [-0.15, -0.1) is 24.0 Å². The first kappa shape index (κ1) is 21.9. The van der Waals surface area contributed by atoms with Gasteiger partial charge in [0.1, 0.15) is 11.6 Å². The van der Waals surface area contributed by atoms with Crippen LogP contribution in [0.1, 0.15) is 32.6 Å². The molecule has 0 amide bonds. The highest BCUT2D eigenvalue weighted by atomic mass is 127. The molecule has 23 heavy (non-hydrogen) atoms. The summed E-state index contributed by atoms with van der Waals surface area (Å²) >= 11 is 0. The number of nitrogens with one attached hydrogen (secondary N) is 1. The van der Waals surface area contributed by atoms with E-state index in [4.69, 9.17) is 4.74 Å². The van der Waals surface area contributed by atoms with Gasteiger partial charge in [0.2, 0.25) is 0 Å². The van der Waals surface area contributed by atoms with E-state index in [1.54, 1.807) is 12.1 Å². The number of ether oxygens (including phenoxy) is 1. The molecule has 0 aliphatic rings. The first-order valence-corrected chi connectivity index (χ1v) is 7.97. The number of benzene rings is 1. The van der Waals surface area contributed by atoms with Crippen LogP contribution in [-0.4, -0.2) is 44.7 Å². The van der Waals surface area contributed by atoms with Gasteiger partial charge in [-0.3, -0.25) is 4.99 Å². The van der Waals surface area contributed by atoms with Crippen LogP contribution in [0.2, 0.25) is 0 Å². The van der Waals surface area contributed by atoms with Crippen molar-refractivity contribution in [2.24, 2.45) is 4.99 Å².